The predicted molar refractivity (Wildman–Crippen MR) is 128 cm³/mol. The van der Waals surface area contributed by atoms with E-state index in [0.717, 1.165) is 60.2 Å². The van der Waals surface area contributed by atoms with Gasteiger partial charge in [-0.2, -0.15) is 0 Å². The maximum Gasteiger partial charge on any atom is 0.339 e. The molecule has 2 aromatic carbocycles. The molecule has 0 radical (unpaired) electrons. The lowest BCUT2D eigenvalue weighted by atomic mass is 9.97. The van der Waals surface area contributed by atoms with Crippen LogP contribution in [0.5, 0.6) is 5.75 Å². The molecule has 1 aliphatic heterocycles. The van der Waals surface area contributed by atoms with Crippen molar-refractivity contribution in [1.29, 1.82) is 0 Å². The van der Waals surface area contributed by atoms with Gasteiger partial charge >= 0.3 is 5.97 Å². The van der Waals surface area contributed by atoms with Gasteiger partial charge in [0.05, 0.1) is 17.6 Å². The van der Waals surface area contributed by atoms with Gasteiger partial charge in [0.2, 0.25) is 0 Å². The van der Waals surface area contributed by atoms with Gasteiger partial charge < -0.3 is 19.7 Å². The molecule has 1 aliphatic rings. The molecule has 0 saturated carbocycles. The number of benzene rings is 2. The molecule has 4 aromatic rings. The van der Waals surface area contributed by atoms with Gasteiger partial charge in [0.15, 0.2) is 0 Å². The average Bonchev–Trinajstić information content (AvgIpc) is 3.27. The van der Waals surface area contributed by atoms with Crippen LogP contribution in [0.4, 0.5) is 10.2 Å². The summed E-state index contributed by atoms with van der Waals surface area (Å²) < 4.78 is 19.1. The van der Waals surface area contributed by atoms with E-state index < -0.39 is 11.8 Å². The first-order valence-corrected chi connectivity index (χ1v) is 11.4. The summed E-state index contributed by atoms with van der Waals surface area (Å²) >= 11 is 6.06. The Morgan fingerprint density at radius 1 is 1.18 bits per heavy atom. The van der Waals surface area contributed by atoms with Crippen molar-refractivity contribution in [1.82, 2.24) is 15.0 Å². The second-order valence-corrected chi connectivity index (χ2v) is 8.78. The second kappa shape index (κ2) is 9.30. The molecule has 0 spiro atoms. The molecule has 0 amide bonds. The van der Waals surface area contributed by atoms with Crippen molar-refractivity contribution < 1.29 is 19.0 Å². The minimum Gasteiger partial charge on any atom is -0.492 e. The lowest BCUT2D eigenvalue weighted by molar-refractivity contribution is 0.0690. The summed E-state index contributed by atoms with van der Waals surface area (Å²) in [5.74, 6) is 0.320. The van der Waals surface area contributed by atoms with E-state index in [1.54, 1.807) is 0 Å². The molecule has 9 heteroatoms. The number of rotatable bonds is 6. The number of carbonyl (C=O) groups is 1. The van der Waals surface area contributed by atoms with Crippen LogP contribution in [0.15, 0.2) is 54.7 Å². The van der Waals surface area contributed by atoms with Gasteiger partial charge in [-0.25, -0.2) is 19.2 Å². The predicted octanol–water partition coefficient (Wildman–Crippen LogP) is 5.41. The van der Waals surface area contributed by atoms with Crippen LogP contribution < -0.4 is 9.64 Å². The fourth-order valence-electron chi connectivity index (χ4n) is 4.16. The van der Waals surface area contributed by atoms with Crippen LogP contribution in [0.3, 0.4) is 0 Å². The molecule has 0 atom stereocenters. The van der Waals surface area contributed by atoms with E-state index in [9.17, 15) is 14.3 Å². The average molecular weight is 481 g/mol. The lowest BCUT2D eigenvalue weighted by Gasteiger charge is -2.32. The van der Waals surface area contributed by atoms with E-state index in [4.69, 9.17) is 16.3 Å². The zero-order valence-electron chi connectivity index (χ0n) is 18.2. The molecule has 1 fully saturated rings. The van der Waals surface area contributed by atoms with E-state index in [1.165, 1.54) is 12.1 Å². The topological polar surface area (TPSA) is 91.3 Å². The van der Waals surface area contributed by atoms with Gasteiger partial charge in [-0.05, 0) is 67.3 Å². The number of ether oxygens (including phenoxy) is 1. The van der Waals surface area contributed by atoms with Crippen LogP contribution in [-0.4, -0.2) is 45.7 Å². The number of fused-ring (bicyclic) bond motifs is 1. The van der Waals surface area contributed by atoms with Crippen LogP contribution in [0.1, 0.15) is 23.2 Å². The number of pyridine rings is 1. The smallest absolute Gasteiger partial charge is 0.339 e. The highest BCUT2D eigenvalue weighted by molar-refractivity contribution is 6.31. The Balaban J connectivity index is 1.18. The Labute approximate surface area is 200 Å². The van der Waals surface area contributed by atoms with Gasteiger partial charge in [0, 0.05) is 29.9 Å². The van der Waals surface area contributed by atoms with Crippen molar-refractivity contribution in [3.8, 4) is 17.1 Å². The summed E-state index contributed by atoms with van der Waals surface area (Å²) in [6.45, 7) is 2.03. The number of carboxylic acid groups (broad SMARTS) is 1. The van der Waals surface area contributed by atoms with Crippen molar-refractivity contribution in [2.45, 2.75) is 12.8 Å². The van der Waals surface area contributed by atoms with Gasteiger partial charge in [-0.3, -0.25) is 0 Å². The number of hydrogen-bond acceptors (Lipinski definition) is 5. The molecule has 0 aliphatic carbocycles. The fraction of sp³-hybridized carbons (Fsp3) is 0.240. The third-order valence-electron chi connectivity index (χ3n) is 6.05. The first-order valence-electron chi connectivity index (χ1n) is 11.0. The fourth-order valence-corrected chi connectivity index (χ4v) is 4.34. The zero-order valence-corrected chi connectivity index (χ0v) is 18.9. The Bertz CT molecular complexity index is 1330. The molecule has 2 N–H and O–H groups in total. The number of piperidine rings is 1. The van der Waals surface area contributed by atoms with E-state index >= 15 is 0 Å². The van der Waals surface area contributed by atoms with Crippen LogP contribution in [0, 0.1) is 11.7 Å². The molecular formula is C25H22ClFN4O3. The Morgan fingerprint density at radius 2 is 2.00 bits per heavy atom. The van der Waals surface area contributed by atoms with Crippen molar-refractivity contribution in [3.63, 3.8) is 0 Å². The zero-order chi connectivity index (χ0) is 23.7. The molecule has 7 nitrogen and oxygen atoms in total. The normalized spacial score (nSPS) is 14.5. The van der Waals surface area contributed by atoms with Crippen molar-refractivity contribution in [3.05, 3.63) is 71.1 Å². The number of carboxylic acids is 1. The molecule has 3 heterocycles. The Morgan fingerprint density at radius 3 is 2.74 bits per heavy atom. The molecular weight excluding hydrogens is 459 g/mol. The largest absolute Gasteiger partial charge is 0.492 e. The highest BCUT2D eigenvalue weighted by atomic mass is 35.5. The van der Waals surface area contributed by atoms with E-state index in [0.29, 0.717) is 11.6 Å². The maximum atomic E-state index is 13.4. The summed E-state index contributed by atoms with van der Waals surface area (Å²) in [5, 5.41) is 9.91. The highest BCUT2D eigenvalue weighted by Crippen LogP contribution is 2.27. The lowest BCUT2D eigenvalue weighted by Crippen LogP contribution is -2.36. The molecule has 5 rings (SSSR count). The van der Waals surface area contributed by atoms with E-state index in [2.05, 4.69) is 19.9 Å². The van der Waals surface area contributed by atoms with Gasteiger partial charge in [0.1, 0.15) is 28.8 Å². The van der Waals surface area contributed by atoms with Crippen molar-refractivity contribution in [2.75, 3.05) is 24.6 Å². The van der Waals surface area contributed by atoms with Crippen LogP contribution in [0.25, 0.3) is 22.4 Å². The number of aromatic carboxylic acids is 1. The second-order valence-electron chi connectivity index (χ2n) is 8.34. The van der Waals surface area contributed by atoms with Gasteiger partial charge in [-0.1, -0.05) is 11.6 Å². The number of hydrogen-bond donors (Lipinski definition) is 2. The van der Waals surface area contributed by atoms with E-state index in [-0.39, 0.29) is 17.2 Å². The van der Waals surface area contributed by atoms with Crippen LogP contribution in [0.2, 0.25) is 5.02 Å². The van der Waals surface area contributed by atoms with Gasteiger partial charge in [-0.15, -0.1) is 0 Å². The molecule has 1 saturated heterocycles. The molecule has 0 bridgehead atoms. The third kappa shape index (κ3) is 4.68. The molecule has 34 heavy (non-hydrogen) atoms. The van der Waals surface area contributed by atoms with Crippen LogP contribution >= 0.6 is 11.6 Å². The van der Waals surface area contributed by atoms with Crippen molar-refractivity contribution >= 4 is 34.4 Å². The number of H-pyrrole nitrogens is 1. The number of aromatic nitrogens is 3. The summed E-state index contributed by atoms with van der Waals surface area (Å²) in [4.78, 5) is 26.1. The summed E-state index contributed by atoms with van der Waals surface area (Å²) in [5.41, 5.74) is 2.47. The van der Waals surface area contributed by atoms with Crippen molar-refractivity contribution in [2.24, 2.45) is 5.92 Å². The molecule has 2 aromatic heterocycles. The summed E-state index contributed by atoms with van der Waals surface area (Å²) in [6.07, 6.45) is 3.58. The third-order valence-corrected chi connectivity index (χ3v) is 6.29. The number of aromatic amines is 1. The number of nitrogens with zero attached hydrogens (tertiary/aromatic N) is 3. The first kappa shape index (κ1) is 22.2. The summed E-state index contributed by atoms with van der Waals surface area (Å²) in [7, 11) is 0. The number of imidazole rings is 1. The Hall–Kier alpha value is -3.65. The standard InChI is InChI=1S/C25H22ClFN4O3/c26-17-2-4-20-21(11-17)30-24(29-20)16-1-6-23(28-13-16)31-9-7-15(8-10-31)14-34-22-5-3-18(27)12-19(22)25(32)33/h1-6,11-13,15H,7-10,14H2,(H,29,30)(H,32,33). The molecule has 0 unspecified atom stereocenters. The molecule has 174 valence electrons. The Kier molecular flexibility index (Phi) is 6.06. The van der Waals surface area contributed by atoms with Gasteiger partial charge in [0.25, 0.3) is 0 Å². The maximum absolute atomic E-state index is 13.4. The summed E-state index contributed by atoms with van der Waals surface area (Å²) in [6, 6.07) is 13.1. The minimum absolute atomic E-state index is 0.158. The minimum atomic E-state index is -1.20. The monoisotopic (exact) mass is 480 g/mol. The first-order chi connectivity index (χ1) is 16.5. The SMILES string of the molecule is O=C(O)c1cc(F)ccc1OCC1CCN(c2ccc(-c3nc4ccc(Cl)cc4[nH]3)cn2)CC1. The van der Waals surface area contributed by atoms with E-state index in [1.807, 2.05) is 36.5 Å². The quantitative estimate of drug-likeness (QED) is 0.383. The number of anilines is 1. The number of halogens is 2. The number of nitrogens with one attached hydrogen (secondary N) is 1. The van der Waals surface area contributed by atoms with Crippen LogP contribution in [-0.2, 0) is 0 Å². The highest BCUT2D eigenvalue weighted by Gasteiger charge is 2.22.